The van der Waals surface area contributed by atoms with E-state index in [0.29, 0.717) is 0 Å². The number of amides is 6. The highest BCUT2D eigenvalue weighted by molar-refractivity contribution is 6.00. The van der Waals surface area contributed by atoms with E-state index in [0.717, 1.165) is 12.1 Å². The molecule has 44 heavy (non-hydrogen) atoms. The van der Waals surface area contributed by atoms with Crippen LogP contribution < -0.4 is 32.3 Å². The van der Waals surface area contributed by atoms with Crippen LogP contribution in [-0.2, 0) is 33.6 Å². The van der Waals surface area contributed by atoms with Gasteiger partial charge in [0.1, 0.15) is 24.2 Å². The topological polar surface area (TPSA) is 269 Å². The van der Waals surface area contributed by atoms with Crippen LogP contribution in [0.5, 0.6) is 0 Å². The molecule has 0 radical (unpaired) electrons. The number of non-ortho nitro benzene ring substituents is 1. The molecule has 17 heteroatoms. The van der Waals surface area contributed by atoms with Crippen molar-refractivity contribution in [2.45, 2.75) is 78.0 Å². The van der Waals surface area contributed by atoms with Gasteiger partial charge in [-0.1, -0.05) is 27.7 Å². The highest BCUT2D eigenvalue weighted by Crippen LogP contribution is 2.16. The second kappa shape index (κ2) is 17.1. The molecular formula is C27H39N7O10. The number of rotatable bonds is 17. The van der Waals surface area contributed by atoms with Gasteiger partial charge in [0.25, 0.3) is 5.69 Å². The van der Waals surface area contributed by atoms with E-state index in [9.17, 15) is 48.8 Å². The molecule has 0 aromatic heterocycles. The third-order valence-electron chi connectivity index (χ3n) is 6.22. The Morgan fingerprint density at radius 2 is 1.30 bits per heavy atom. The molecular weight excluding hydrogens is 582 g/mol. The van der Waals surface area contributed by atoms with Crippen LogP contribution in [0.4, 0.5) is 11.4 Å². The van der Waals surface area contributed by atoms with E-state index in [-0.39, 0.29) is 30.1 Å². The Hall–Kier alpha value is -5.09. The SMILES string of the molecule is CC(=O)NC(C(=O)NC(CCC(N)=O)C(=O)NC(C(=O)NC(CC(=O)O)C(=O)Nc1ccc([N+](=O)[O-])cc1)C(C)C)C(C)C. The number of anilines is 1. The van der Waals surface area contributed by atoms with Crippen molar-refractivity contribution in [2.75, 3.05) is 5.32 Å². The van der Waals surface area contributed by atoms with E-state index >= 15 is 0 Å². The fourth-order valence-corrected chi connectivity index (χ4v) is 3.90. The fraction of sp³-hybridized carbons (Fsp3) is 0.519. The smallest absolute Gasteiger partial charge is 0.305 e. The number of carbonyl (C=O) groups excluding carboxylic acids is 6. The fourth-order valence-electron chi connectivity index (χ4n) is 3.90. The first-order valence-corrected chi connectivity index (χ1v) is 13.7. The van der Waals surface area contributed by atoms with Crippen LogP contribution in [0.3, 0.4) is 0 Å². The maximum Gasteiger partial charge on any atom is 0.305 e. The molecule has 0 fully saturated rings. The second-order valence-electron chi connectivity index (χ2n) is 10.7. The summed E-state index contributed by atoms with van der Waals surface area (Å²) in [7, 11) is 0. The molecule has 17 nitrogen and oxygen atoms in total. The first-order valence-electron chi connectivity index (χ1n) is 13.7. The van der Waals surface area contributed by atoms with E-state index in [1.165, 1.54) is 19.1 Å². The van der Waals surface area contributed by atoms with Gasteiger partial charge in [0.2, 0.25) is 35.4 Å². The maximum atomic E-state index is 13.3. The first-order chi connectivity index (χ1) is 20.4. The Labute approximate surface area is 253 Å². The number of nitro groups is 1. The van der Waals surface area contributed by atoms with Crippen molar-refractivity contribution in [2.24, 2.45) is 17.6 Å². The molecule has 0 saturated carbocycles. The number of nitrogens with zero attached hydrogens (tertiary/aromatic N) is 1. The molecule has 0 aliphatic heterocycles. The molecule has 242 valence electrons. The van der Waals surface area contributed by atoms with Crippen molar-refractivity contribution in [3.05, 3.63) is 34.4 Å². The molecule has 1 aromatic carbocycles. The van der Waals surface area contributed by atoms with Crippen molar-refractivity contribution >= 4 is 52.8 Å². The molecule has 1 rings (SSSR count). The molecule has 8 N–H and O–H groups in total. The predicted molar refractivity (Wildman–Crippen MR) is 155 cm³/mol. The van der Waals surface area contributed by atoms with Crippen LogP contribution in [0.15, 0.2) is 24.3 Å². The third-order valence-corrected chi connectivity index (χ3v) is 6.22. The van der Waals surface area contributed by atoms with Crippen molar-refractivity contribution < 1.29 is 43.6 Å². The summed E-state index contributed by atoms with van der Waals surface area (Å²) in [5.41, 5.74) is 5.08. The molecule has 4 unspecified atom stereocenters. The Balaban J connectivity index is 3.15. The summed E-state index contributed by atoms with van der Waals surface area (Å²) in [6.45, 7) is 7.69. The molecule has 0 saturated heterocycles. The summed E-state index contributed by atoms with van der Waals surface area (Å²) in [4.78, 5) is 97.0. The van der Waals surface area contributed by atoms with Gasteiger partial charge in [0, 0.05) is 31.2 Å². The monoisotopic (exact) mass is 621 g/mol. The van der Waals surface area contributed by atoms with Gasteiger partial charge in [-0.2, -0.15) is 0 Å². The standard InChI is InChI=1S/C27H39N7O10/c1-13(2)22(29-15(5)35)26(41)31-18(10-11-20(28)36)24(39)33-23(14(3)4)27(42)32-19(12-21(37)38)25(40)30-16-6-8-17(9-7-16)34(43)44/h6-9,13-14,18-19,22-23H,10-12H2,1-5H3,(H2,28,36)(H,29,35)(H,30,40)(H,31,41)(H,32,42)(H,33,39)(H,37,38). The lowest BCUT2D eigenvalue weighted by molar-refractivity contribution is -0.384. The molecule has 0 spiro atoms. The number of carboxylic acid groups (broad SMARTS) is 1. The lowest BCUT2D eigenvalue weighted by atomic mass is 10.00. The summed E-state index contributed by atoms with van der Waals surface area (Å²) >= 11 is 0. The molecule has 1 aromatic rings. The van der Waals surface area contributed by atoms with Gasteiger partial charge >= 0.3 is 5.97 Å². The lowest BCUT2D eigenvalue weighted by Crippen LogP contribution is -2.59. The number of carbonyl (C=O) groups is 7. The molecule has 0 aliphatic carbocycles. The van der Waals surface area contributed by atoms with E-state index in [4.69, 9.17) is 5.73 Å². The van der Waals surface area contributed by atoms with Gasteiger partial charge in [0.05, 0.1) is 11.3 Å². The lowest BCUT2D eigenvalue weighted by Gasteiger charge is -2.28. The van der Waals surface area contributed by atoms with Gasteiger partial charge in [0.15, 0.2) is 0 Å². The average molecular weight is 622 g/mol. The highest BCUT2D eigenvalue weighted by Gasteiger charge is 2.34. The molecule has 4 atom stereocenters. The number of aliphatic carboxylic acids is 1. The first kappa shape index (κ1) is 36.9. The zero-order chi connectivity index (χ0) is 33.7. The highest BCUT2D eigenvalue weighted by atomic mass is 16.6. The van der Waals surface area contributed by atoms with Gasteiger partial charge in [-0.05, 0) is 30.4 Å². The number of nitrogens with two attached hydrogens (primary N) is 1. The summed E-state index contributed by atoms with van der Waals surface area (Å²) < 4.78 is 0. The number of nitro benzene ring substituents is 1. The van der Waals surface area contributed by atoms with Crippen LogP contribution in [0, 0.1) is 22.0 Å². The third kappa shape index (κ3) is 12.4. The Morgan fingerprint density at radius 3 is 1.73 bits per heavy atom. The van der Waals surface area contributed by atoms with Crippen LogP contribution in [0.2, 0.25) is 0 Å². The molecule has 0 heterocycles. The molecule has 0 aliphatic rings. The number of hydrogen-bond donors (Lipinski definition) is 7. The number of benzene rings is 1. The molecule has 6 amide bonds. The second-order valence-corrected chi connectivity index (χ2v) is 10.7. The predicted octanol–water partition coefficient (Wildman–Crippen LogP) is -0.455. The normalized spacial score (nSPS) is 13.5. The largest absolute Gasteiger partial charge is 0.481 e. The molecule has 0 bridgehead atoms. The Bertz CT molecular complexity index is 1250. The summed E-state index contributed by atoms with van der Waals surface area (Å²) in [6, 6.07) is -0.592. The van der Waals surface area contributed by atoms with Crippen molar-refractivity contribution in [3.8, 4) is 0 Å². The van der Waals surface area contributed by atoms with Gasteiger partial charge in [-0.3, -0.25) is 43.7 Å². The average Bonchev–Trinajstić information content (AvgIpc) is 2.91. The van der Waals surface area contributed by atoms with Crippen molar-refractivity contribution in [1.82, 2.24) is 21.3 Å². The minimum atomic E-state index is -1.61. The number of carboxylic acids is 1. The maximum absolute atomic E-state index is 13.3. The summed E-state index contributed by atoms with van der Waals surface area (Å²) in [5.74, 6) is -7.07. The van der Waals surface area contributed by atoms with Crippen LogP contribution >= 0.6 is 0 Å². The zero-order valence-electron chi connectivity index (χ0n) is 25.0. The van der Waals surface area contributed by atoms with Crippen LogP contribution in [0.1, 0.15) is 53.9 Å². The Kier molecular flexibility index (Phi) is 14.4. The minimum Gasteiger partial charge on any atom is -0.481 e. The minimum absolute atomic E-state index is 0.103. The van der Waals surface area contributed by atoms with Gasteiger partial charge in [-0.15, -0.1) is 0 Å². The van der Waals surface area contributed by atoms with E-state index in [1.54, 1.807) is 27.7 Å². The van der Waals surface area contributed by atoms with Gasteiger partial charge in [-0.25, -0.2) is 0 Å². The van der Waals surface area contributed by atoms with Crippen LogP contribution in [0.25, 0.3) is 0 Å². The number of hydrogen-bond acceptors (Lipinski definition) is 9. The Morgan fingerprint density at radius 1 is 0.795 bits per heavy atom. The number of nitrogens with one attached hydrogen (secondary N) is 5. The van der Waals surface area contributed by atoms with E-state index in [2.05, 4.69) is 26.6 Å². The zero-order valence-corrected chi connectivity index (χ0v) is 25.0. The van der Waals surface area contributed by atoms with Crippen molar-refractivity contribution in [3.63, 3.8) is 0 Å². The van der Waals surface area contributed by atoms with E-state index in [1.807, 2.05) is 0 Å². The van der Waals surface area contributed by atoms with E-state index < -0.39 is 82.8 Å². The summed E-state index contributed by atoms with van der Waals surface area (Å²) in [5, 5.41) is 32.3. The van der Waals surface area contributed by atoms with Crippen LogP contribution in [-0.4, -0.2) is 75.6 Å². The summed E-state index contributed by atoms with van der Waals surface area (Å²) in [6.07, 6.45) is -1.36. The quantitative estimate of drug-likeness (QED) is 0.0869. The van der Waals surface area contributed by atoms with Gasteiger partial charge < -0.3 is 37.4 Å². The van der Waals surface area contributed by atoms with Crippen molar-refractivity contribution in [1.29, 1.82) is 0 Å². The number of primary amides is 1.